The zero-order valence-corrected chi connectivity index (χ0v) is 16.4. The standard InChI is InChI=1S/C20H19ClN4O3/c1-12-9-17(19(26)23-14-5-4-6-15(11-14)27-2)25-20(22-12)24-16-10-13(21)7-8-18(16)28-3/h4-11H,1-3H3,(H,23,26)(H,22,24,25). The number of benzene rings is 2. The number of aromatic nitrogens is 2. The largest absolute Gasteiger partial charge is 0.497 e. The fourth-order valence-corrected chi connectivity index (χ4v) is 2.71. The molecule has 0 radical (unpaired) electrons. The van der Waals surface area contributed by atoms with Crippen molar-refractivity contribution in [1.82, 2.24) is 9.97 Å². The minimum Gasteiger partial charge on any atom is -0.497 e. The van der Waals surface area contributed by atoms with Gasteiger partial charge in [0.05, 0.1) is 19.9 Å². The van der Waals surface area contributed by atoms with Crippen molar-refractivity contribution < 1.29 is 14.3 Å². The monoisotopic (exact) mass is 398 g/mol. The Morgan fingerprint density at radius 3 is 2.61 bits per heavy atom. The van der Waals surface area contributed by atoms with Crippen molar-refractivity contribution >= 4 is 34.8 Å². The van der Waals surface area contributed by atoms with Crippen LogP contribution in [0, 0.1) is 6.92 Å². The first-order chi connectivity index (χ1) is 13.5. The maximum Gasteiger partial charge on any atom is 0.274 e. The number of halogens is 1. The fraction of sp³-hybridized carbons (Fsp3) is 0.150. The maximum absolute atomic E-state index is 12.6. The molecule has 0 saturated carbocycles. The molecule has 0 fully saturated rings. The number of rotatable bonds is 6. The number of aryl methyl sites for hydroxylation is 1. The second-order valence-corrected chi connectivity index (χ2v) is 6.31. The summed E-state index contributed by atoms with van der Waals surface area (Å²) in [5.41, 5.74) is 2.06. The molecule has 0 unspecified atom stereocenters. The van der Waals surface area contributed by atoms with Crippen LogP contribution in [0.15, 0.2) is 48.5 Å². The molecule has 0 spiro atoms. The fourth-order valence-electron chi connectivity index (χ4n) is 2.54. The van der Waals surface area contributed by atoms with Crippen LogP contribution in [-0.4, -0.2) is 30.1 Å². The van der Waals surface area contributed by atoms with Crippen molar-refractivity contribution in [2.45, 2.75) is 6.92 Å². The molecule has 8 heteroatoms. The van der Waals surface area contributed by atoms with Crippen molar-refractivity contribution in [1.29, 1.82) is 0 Å². The van der Waals surface area contributed by atoms with Gasteiger partial charge in [-0.2, -0.15) is 0 Å². The number of methoxy groups -OCH3 is 2. The highest BCUT2D eigenvalue weighted by Crippen LogP contribution is 2.29. The Hall–Kier alpha value is -3.32. The molecule has 1 amide bonds. The average Bonchev–Trinajstić information content (AvgIpc) is 2.68. The van der Waals surface area contributed by atoms with Gasteiger partial charge in [0.25, 0.3) is 5.91 Å². The molecule has 0 saturated heterocycles. The predicted molar refractivity (Wildman–Crippen MR) is 109 cm³/mol. The Labute approximate surface area is 167 Å². The quantitative estimate of drug-likeness (QED) is 0.638. The molecule has 7 nitrogen and oxygen atoms in total. The Kier molecular flexibility index (Phi) is 5.96. The number of amides is 1. The Balaban J connectivity index is 1.85. The molecule has 0 aliphatic carbocycles. The first-order valence-corrected chi connectivity index (χ1v) is 8.78. The van der Waals surface area contributed by atoms with Gasteiger partial charge < -0.3 is 20.1 Å². The van der Waals surface area contributed by atoms with Crippen molar-refractivity contribution in [3.05, 3.63) is 64.9 Å². The summed E-state index contributed by atoms with van der Waals surface area (Å²) < 4.78 is 10.5. The second-order valence-electron chi connectivity index (χ2n) is 5.87. The number of carbonyl (C=O) groups excluding carboxylic acids is 1. The number of carbonyl (C=O) groups is 1. The van der Waals surface area contributed by atoms with Crippen LogP contribution < -0.4 is 20.1 Å². The van der Waals surface area contributed by atoms with Crippen LogP contribution in [-0.2, 0) is 0 Å². The van der Waals surface area contributed by atoms with E-state index in [9.17, 15) is 4.79 Å². The van der Waals surface area contributed by atoms with Gasteiger partial charge in [0.1, 0.15) is 17.2 Å². The van der Waals surface area contributed by atoms with Crippen molar-refractivity contribution in [2.24, 2.45) is 0 Å². The smallest absolute Gasteiger partial charge is 0.274 e. The summed E-state index contributed by atoms with van der Waals surface area (Å²) in [6.45, 7) is 1.78. The van der Waals surface area contributed by atoms with E-state index in [0.717, 1.165) is 0 Å². The van der Waals surface area contributed by atoms with Gasteiger partial charge in [-0.15, -0.1) is 0 Å². The van der Waals surface area contributed by atoms with Crippen LogP contribution in [0.2, 0.25) is 5.02 Å². The van der Waals surface area contributed by atoms with Gasteiger partial charge >= 0.3 is 0 Å². The summed E-state index contributed by atoms with van der Waals surface area (Å²) in [6, 6.07) is 13.8. The summed E-state index contributed by atoms with van der Waals surface area (Å²) >= 11 is 6.06. The maximum atomic E-state index is 12.6. The number of hydrogen-bond acceptors (Lipinski definition) is 6. The first-order valence-electron chi connectivity index (χ1n) is 8.40. The summed E-state index contributed by atoms with van der Waals surface area (Å²) in [7, 11) is 3.12. The van der Waals surface area contributed by atoms with E-state index in [1.54, 1.807) is 69.7 Å². The Bertz CT molecular complexity index is 1010. The first kappa shape index (κ1) is 19.4. The molecule has 1 aromatic heterocycles. The summed E-state index contributed by atoms with van der Waals surface area (Å²) in [5.74, 6) is 1.13. The van der Waals surface area contributed by atoms with Crippen LogP contribution in [0.3, 0.4) is 0 Å². The molecule has 0 aliphatic rings. The molecule has 1 heterocycles. The Morgan fingerprint density at radius 1 is 1.04 bits per heavy atom. The summed E-state index contributed by atoms with van der Waals surface area (Å²) in [5, 5.41) is 6.39. The van der Waals surface area contributed by atoms with Crippen LogP contribution in [0.5, 0.6) is 11.5 Å². The van der Waals surface area contributed by atoms with E-state index in [1.165, 1.54) is 0 Å². The third-order valence-corrected chi connectivity index (χ3v) is 4.06. The molecular formula is C20H19ClN4O3. The van der Waals surface area contributed by atoms with Crippen LogP contribution >= 0.6 is 11.6 Å². The zero-order valence-electron chi connectivity index (χ0n) is 15.6. The third-order valence-electron chi connectivity index (χ3n) is 3.82. The van der Waals surface area contributed by atoms with E-state index in [4.69, 9.17) is 21.1 Å². The number of nitrogens with one attached hydrogen (secondary N) is 2. The third kappa shape index (κ3) is 4.69. The van der Waals surface area contributed by atoms with Crippen LogP contribution in [0.1, 0.15) is 16.2 Å². The Morgan fingerprint density at radius 2 is 1.86 bits per heavy atom. The van der Waals surface area contributed by atoms with Gasteiger partial charge in [-0.3, -0.25) is 4.79 Å². The lowest BCUT2D eigenvalue weighted by atomic mass is 10.2. The van der Waals surface area contributed by atoms with Crippen LogP contribution in [0.4, 0.5) is 17.3 Å². The molecule has 0 atom stereocenters. The lowest BCUT2D eigenvalue weighted by Gasteiger charge is -2.12. The number of ether oxygens (including phenoxy) is 2. The van der Waals surface area contributed by atoms with E-state index >= 15 is 0 Å². The van der Waals surface area contributed by atoms with E-state index in [2.05, 4.69) is 20.6 Å². The van der Waals surface area contributed by atoms with E-state index in [1.807, 2.05) is 0 Å². The predicted octanol–water partition coefficient (Wildman–Crippen LogP) is 4.45. The second kappa shape index (κ2) is 8.58. The lowest BCUT2D eigenvalue weighted by molar-refractivity contribution is 0.102. The van der Waals surface area contributed by atoms with Crippen molar-refractivity contribution in [3.63, 3.8) is 0 Å². The highest BCUT2D eigenvalue weighted by atomic mass is 35.5. The molecule has 3 aromatic rings. The van der Waals surface area contributed by atoms with Crippen molar-refractivity contribution in [2.75, 3.05) is 24.9 Å². The van der Waals surface area contributed by atoms with E-state index < -0.39 is 0 Å². The van der Waals surface area contributed by atoms with Gasteiger partial charge in [-0.1, -0.05) is 17.7 Å². The molecule has 0 bridgehead atoms. The molecule has 144 valence electrons. The normalized spacial score (nSPS) is 10.3. The van der Waals surface area contributed by atoms with Crippen molar-refractivity contribution in [3.8, 4) is 11.5 Å². The number of anilines is 3. The van der Waals surface area contributed by atoms with Gasteiger partial charge in [-0.25, -0.2) is 9.97 Å². The SMILES string of the molecule is COc1cccc(NC(=O)c2cc(C)nc(Nc3cc(Cl)ccc3OC)n2)c1. The summed E-state index contributed by atoms with van der Waals surface area (Å²) in [4.78, 5) is 21.3. The molecule has 28 heavy (non-hydrogen) atoms. The molecular weight excluding hydrogens is 380 g/mol. The minimum absolute atomic E-state index is 0.221. The highest BCUT2D eigenvalue weighted by molar-refractivity contribution is 6.31. The number of hydrogen-bond donors (Lipinski definition) is 2. The molecule has 0 aliphatic heterocycles. The van der Waals surface area contributed by atoms with Gasteiger partial charge in [0, 0.05) is 22.5 Å². The van der Waals surface area contributed by atoms with Gasteiger partial charge in [-0.05, 0) is 43.3 Å². The molecule has 2 aromatic carbocycles. The van der Waals surface area contributed by atoms with Gasteiger partial charge in [0.2, 0.25) is 5.95 Å². The topological polar surface area (TPSA) is 85.4 Å². The number of nitrogens with zero attached hydrogens (tertiary/aromatic N) is 2. The average molecular weight is 399 g/mol. The van der Waals surface area contributed by atoms with E-state index in [0.29, 0.717) is 33.6 Å². The minimum atomic E-state index is -0.361. The van der Waals surface area contributed by atoms with Crippen LogP contribution in [0.25, 0.3) is 0 Å². The zero-order chi connectivity index (χ0) is 20.1. The lowest BCUT2D eigenvalue weighted by Crippen LogP contribution is -2.15. The highest BCUT2D eigenvalue weighted by Gasteiger charge is 2.13. The van der Waals surface area contributed by atoms with E-state index in [-0.39, 0.29) is 17.5 Å². The molecule has 3 rings (SSSR count). The molecule has 2 N–H and O–H groups in total. The van der Waals surface area contributed by atoms with Gasteiger partial charge in [0.15, 0.2) is 0 Å². The summed E-state index contributed by atoms with van der Waals surface area (Å²) in [6.07, 6.45) is 0.